The lowest BCUT2D eigenvalue weighted by Crippen LogP contribution is -2.36. The monoisotopic (exact) mass is 275 g/mol. The van der Waals surface area contributed by atoms with Crippen LogP contribution in [0.15, 0.2) is 42.5 Å². The second-order valence-electron chi connectivity index (χ2n) is 4.88. The average Bonchev–Trinajstić information content (AvgIpc) is 2.48. The Morgan fingerprint density at radius 3 is 2.65 bits per heavy atom. The second-order valence-corrected chi connectivity index (χ2v) is 4.88. The van der Waals surface area contributed by atoms with Crippen LogP contribution in [0.2, 0.25) is 0 Å². The summed E-state index contributed by atoms with van der Waals surface area (Å²) in [6.07, 6.45) is 8.25. The first-order valence-corrected chi connectivity index (χ1v) is 7.32. The van der Waals surface area contributed by atoms with Crippen molar-refractivity contribution in [2.75, 3.05) is 13.2 Å². The number of allylic oxidation sites excluding steroid dienone is 1. The van der Waals surface area contributed by atoms with Crippen molar-refractivity contribution in [1.82, 2.24) is 4.90 Å². The van der Waals surface area contributed by atoms with Crippen molar-refractivity contribution >= 4 is 6.29 Å². The van der Waals surface area contributed by atoms with Crippen molar-refractivity contribution in [2.24, 2.45) is 0 Å². The molecular weight excluding hydrogens is 250 g/mol. The van der Waals surface area contributed by atoms with Crippen LogP contribution in [-0.2, 0) is 11.3 Å². The van der Waals surface area contributed by atoms with Gasteiger partial charge >= 0.3 is 0 Å². The summed E-state index contributed by atoms with van der Waals surface area (Å²) >= 11 is 0. The number of nitrogens with zero attached hydrogens (tertiary/aromatic N) is 1. The van der Waals surface area contributed by atoms with Crippen LogP contribution in [0.25, 0.3) is 0 Å². The lowest BCUT2D eigenvalue weighted by Gasteiger charge is -2.25. The average molecular weight is 275 g/mol. The lowest BCUT2D eigenvalue weighted by molar-refractivity contribution is -0.111. The van der Waals surface area contributed by atoms with Crippen molar-refractivity contribution in [3.05, 3.63) is 48.0 Å². The lowest BCUT2D eigenvalue weighted by atomic mass is 10.1. The summed E-state index contributed by atoms with van der Waals surface area (Å²) in [5.74, 6) is 0. The summed E-state index contributed by atoms with van der Waals surface area (Å²) in [6, 6.07) is 9.75. The first kappa shape index (κ1) is 16.6. The van der Waals surface area contributed by atoms with Crippen LogP contribution in [-0.4, -0.2) is 35.5 Å². The molecule has 1 aromatic rings. The molecule has 0 aliphatic rings. The molecule has 0 heterocycles. The zero-order chi connectivity index (χ0) is 14.6. The standard InChI is InChI=1S/C17H25NO2/c1-2-3-4-8-11-17(15-20)18(12-13-19)14-16-9-6-5-7-10-16/h5-11,15,17,19H,2-4,12-14H2,1H3/b11-8+. The molecule has 3 nitrogen and oxygen atoms in total. The minimum absolute atomic E-state index is 0.0555. The van der Waals surface area contributed by atoms with Gasteiger partial charge in [-0.1, -0.05) is 62.2 Å². The van der Waals surface area contributed by atoms with Gasteiger partial charge in [-0.05, 0) is 12.0 Å². The molecule has 1 N–H and O–H groups in total. The van der Waals surface area contributed by atoms with E-state index in [1.807, 2.05) is 41.3 Å². The Hall–Kier alpha value is -1.45. The van der Waals surface area contributed by atoms with Gasteiger partial charge in [-0.3, -0.25) is 4.90 Å². The van der Waals surface area contributed by atoms with Gasteiger partial charge in [0.05, 0.1) is 12.6 Å². The largest absolute Gasteiger partial charge is 0.395 e. The number of rotatable bonds is 10. The first-order valence-electron chi connectivity index (χ1n) is 7.32. The van der Waals surface area contributed by atoms with Crippen molar-refractivity contribution in [3.63, 3.8) is 0 Å². The summed E-state index contributed by atoms with van der Waals surface area (Å²) in [6.45, 7) is 3.37. The molecule has 0 aromatic heterocycles. The third-order valence-electron chi connectivity index (χ3n) is 3.23. The summed E-state index contributed by atoms with van der Waals surface area (Å²) in [5.41, 5.74) is 1.15. The van der Waals surface area contributed by atoms with E-state index in [9.17, 15) is 9.90 Å². The van der Waals surface area contributed by atoms with E-state index >= 15 is 0 Å². The normalized spacial score (nSPS) is 12.9. The van der Waals surface area contributed by atoms with Gasteiger partial charge < -0.3 is 9.90 Å². The number of hydrogen-bond acceptors (Lipinski definition) is 3. The molecular formula is C17H25NO2. The van der Waals surface area contributed by atoms with Crippen LogP contribution in [0.3, 0.4) is 0 Å². The molecule has 0 aliphatic carbocycles. The summed E-state index contributed by atoms with van der Waals surface area (Å²) < 4.78 is 0. The second kappa shape index (κ2) is 10.4. The molecule has 0 amide bonds. The Labute approximate surface area is 121 Å². The topological polar surface area (TPSA) is 40.5 Å². The fourth-order valence-electron chi connectivity index (χ4n) is 2.09. The van der Waals surface area contributed by atoms with Crippen LogP contribution < -0.4 is 0 Å². The van der Waals surface area contributed by atoms with Crippen molar-refractivity contribution < 1.29 is 9.90 Å². The number of aldehydes is 1. The van der Waals surface area contributed by atoms with Crippen molar-refractivity contribution in [2.45, 2.75) is 38.8 Å². The minimum Gasteiger partial charge on any atom is -0.395 e. The molecule has 20 heavy (non-hydrogen) atoms. The van der Waals surface area contributed by atoms with Gasteiger partial charge in [-0.2, -0.15) is 0 Å². The Bertz CT molecular complexity index is 389. The van der Waals surface area contributed by atoms with Gasteiger partial charge in [0.25, 0.3) is 0 Å². The fraction of sp³-hybridized carbons (Fsp3) is 0.471. The molecule has 0 fully saturated rings. The van der Waals surface area contributed by atoms with E-state index in [4.69, 9.17) is 0 Å². The molecule has 0 bridgehead atoms. The Morgan fingerprint density at radius 1 is 1.30 bits per heavy atom. The molecule has 0 saturated heterocycles. The van der Waals surface area contributed by atoms with E-state index in [0.29, 0.717) is 13.1 Å². The highest BCUT2D eigenvalue weighted by atomic mass is 16.3. The number of aliphatic hydroxyl groups excluding tert-OH is 1. The molecule has 0 spiro atoms. The highest BCUT2D eigenvalue weighted by Crippen LogP contribution is 2.09. The zero-order valence-electron chi connectivity index (χ0n) is 12.2. The number of hydrogen-bond donors (Lipinski definition) is 1. The van der Waals surface area contributed by atoms with Crippen LogP contribution in [0, 0.1) is 0 Å². The van der Waals surface area contributed by atoms with E-state index in [1.165, 1.54) is 0 Å². The minimum atomic E-state index is -0.265. The van der Waals surface area contributed by atoms with Crippen molar-refractivity contribution in [1.29, 1.82) is 0 Å². The van der Waals surface area contributed by atoms with Crippen LogP contribution in [0.1, 0.15) is 31.7 Å². The van der Waals surface area contributed by atoms with E-state index in [-0.39, 0.29) is 12.6 Å². The molecule has 0 saturated carbocycles. The molecule has 1 atom stereocenters. The number of benzene rings is 1. The summed E-state index contributed by atoms with van der Waals surface area (Å²) in [5, 5.41) is 9.19. The van der Waals surface area contributed by atoms with Gasteiger partial charge in [0.2, 0.25) is 0 Å². The SMILES string of the molecule is CCCC/C=C/C(C=O)N(CCO)Cc1ccccc1. The third-order valence-corrected chi connectivity index (χ3v) is 3.23. The highest BCUT2D eigenvalue weighted by Gasteiger charge is 2.14. The number of aliphatic hydroxyl groups is 1. The smallest absolute Gasteiger partial charge is 0.141 e. The molecule has 1 aromatic carbocycles. The number of unbranched alkanes of at least 4 members (excludes halogenated alkanes) is 2. The maximum absolute atomic E-state index is 11.3. The van der Waals surface area contributed by atoms with E-state index < -0.39 is 0 Å². The quantitative estimate of drug-likeness (QED) is 0.405. The number of carbonyl (C=O) groups excluding carboxylic acids is 1. The molecule has 1 unspecified atom stereocenters. The molecule has 0 aliphatic heterocycles. The zero-order valence-corrected chi connectivity index (χ0v) is 12.2. The third kappa shape index (κ3) is 6.13. The predicted molar refractivity (Wildman–Crippen MR) is 82.5 cm³/mol. The van der Waals surface area contributed by atoms with E-state index in [2.05, 4.69) is 13.0 Å². The highest BCUT2D eigenvalue weighted by molar-refractivity contribution is 5.60. The van der Waals surface area contributed by atoms with E-state index in [1.54, 1.807) is 0 Å². The van der Waals surface area contributed by atoms with E-state index in [0.717, 1.165) is 31.1 Å². The Balaban J connectivity index is 2.66. The van der Waals surface area contributed by atoms with Crippen molar-refractivity contribution in [3.8, 4) is 0 Å². The molecule has 110 valence electrons. The molecule has 1 rings (SSSR count). The van der Waals surface area contributed by atoms with Gasteiger partial charge in [0.15, 0.2) is 0 Å². The maximum Gasteiger partial charge on any atom is 0.141 e. The molecule has 3 heteroatoms. The van der Waals surface area contributed by atoms with Gasteiger partial charge in [0.1, 0.15) is 6.29 Å². The van der Waals surface area contributed by atoms with Gasteiger partial charge in [-0.25, -0.2) is 0 Å². The van der Waals surface area contributed by atoms with Crippen LogP contribution in [0.5, 0.6) is 0 Å². The Morgan fingerprint density at radius 2 is 2.05 bits per heavy atom. The van der Waals surface area contributed by atoms with Gasteiger partial charge in [-0.15, -0.1) is 0 Å². The van der Waals surface area contributed by atoms with Gasteiger partial charge in [0, 0.05) is 13.1 Å². The summed E-state index contributed by atoms with van der Waals surface area (Å²) in [7, 11) is 0. The predicted octanol–water partition coefficient (Wildman–Crippen LogP) is 2.79. The summed E-state index contributed by atoms with van der Waals surface area (Å²) in [4.78, 5) is 13.3. The first-order chi connectivity index (χ1) is 9.81. The maximum atomic E-state index is 11.3. The van der Waals surface area contributed by atoms with Crippen LogP contribution >= 0.6 is 0 Å². The number of carbonyl (C=O) groups is 1. The Kier molecular flexibility index (Phi) is 8.59. The molecule has 0 radical (unpaired) electrons. The van der Waals surface area contributed by atoms with Crippen LogP contribution in [0.4, 0.5) is 0 Å². The fourth-order valence-corrected chi connectivity index (χ4v) is 2.09.